The molecule has 0 bridgehead atoms. The summed E-state index contributed by atoms with van der Waals surface area (Å²) < 4.78 is 0. The van der Waals surface area contributed by atoms with Crippen molar-refractivity contribution < 1.29 is 0 Å². The van der Waals surface area contributed by atoms with Gasteiger partial charge in [0.1, 0.15) is 5.15 Å². The second-order valence-corrected chi connectivity index (χ2v) is 9.59. The third-order valence-electron chi connectivity index (χ3n) is 3.79. The Hall–Kier alpha value is 0.780. The van der Waals surface area contributed by atoms with E-state index in [1.54, 1.807) is 6.07 Å². The number of hydrogen-bond donors (Lipinski definition) is 0. The number of pyridine rings is 1. The highest BCUT2D eigenvalue weighted by Crippen LogP contribution is 2.53. The second kappa shape index (κ2) is 9.33. The highest BCUT2D eigenvalue weighted by atomic mass is 35.5. The van der Waals surface area contributed by atoms with Gasteiger partial charge in [0, 0.05) is 16.7 Å². The molecule has 0 spiro atoms. The fourth-order valence-corrected chi connectivity index (χ4v) is 5.29. The summed E-state index contributed by atoms with van der Waals surface area (Å²) >= 11 is 68.7. The van der Waals surface area contributed by atoms with Crippen molar-refractivity contribution in [1.82, 2.24) is 4.98 Å². The molecular formula is C17H2Cl11N. The average molecular weight is 610 g/mol. The van der Waals surface area contributed by atoms with Gasteiger partial charge < -0.3 is 0 Å². The van der Waals surface area contributed by atoms with Crippen molar-refractivity contribution >= 4 is 128 Å². The lowest BCUT2D eigenvalue weighted by Gasteiger charge is -2.18. The van der Waals surface area contributed by atoms with Crippen LogP contribution < -0.4 is 0 Å². The summed E-state index contributed by atoms with van der Waals surface area (Å²) in [4.78, 5) is 4.32. The van der Waals surface area contributed by atoms with Gasteiger partial charge >= 0.3 is 0 Å². The molecule has 3 rings (SSSR count). The lowest BCUT2D eigenvalue weighted by atomic mass is 9.99. The van der Waals surface area contributed by atoms with Crippen molar-refractivity contribution in [3.05, 3.63) is 67.5 Å². The highest BCUT2D eigenvalue weighted by molar-refractivity contribution is 6.58. The fourth-order valence-electron chi connectivity index (χ4n) is 2.48. The van der Waals surface area contributed by atoms with Gasteiger partial charge in [0.2, 0.25) is 0 Å². The maximum atomic E-state index is 6.42. The predicted octanol–water partition coefficient (Wildman–Crippen LogP) is 11.6. The number of rotatable bonds is 2. The van der Waals surface area contributed by atoms with Crippen LogP contribution in [0.4, 0.5) is 0 Å². The summed E-state index contributed by atoms with van der Waals surface area (Å²) in [6.07, 6.45) is 0. The van der Waals surface area contributed by atoms with E-state index in [2.05, 4.69) is 4.98 Å². The van der Waals surface area contributed by atoms with Gasteiger partial charge in [-0.25, -0.2) is 4.98 Å². The van der Waals surface area contributed by atoms with Crippen molar-refractivity contribution in [2.24, 2.45) is 0 Å². The van der Waals surface area contributed by atoms with E-state index in [0.29, 0.717) is 5.56 Å². The summed E-state index contributed by atoms with van der Waals surface area (Å²) in [6.45, 7) is 0. The van der Waals surface area contributed by atoms with Crippen molar-refractivity contribution in [3.8, 4) is 22.4 Å². The Kier molecular flexibility index (Phi) is 7.86. The summed E-state index contributed by atoms with van der Waals surface area (Å²) in [5, 5.41) is 0.159. The van der Waals surface area contributed by atoms with Crippen LogP contribution in [0.3, 0.4) is 0 Å². The first-order valence-corrected chi connectivity index (χ1v) is 11.3. The van der Waals surface area contributed by atoms with Crippen LogP contribution in [0, 0.1) is 0 Å². The number of halogens is 11. The summed E-state index contributed by atoms with van der Waals surface area (Å²) in [6, 6.07) is 3.09. The van der Waals surface area contributed by atoms with E-state index >= 15 is 0 Å². The van der Waals surface area contributed by atoms with Gasteiger partial charge in [-0.15, -0.1) is 0 Å². The molecule has 0 amide bonds. The standard InChI is InChI=1S/C17H2Cl11N/c18-4-2-1-3(5-7(19)11(23)15(27)12(24)8(5)20)17(29-4)6-9(21)13(25)16(28)14(26)10(6)22/h1-2H. The van der Waals surface area contributed by atoms with Crippen LogP contribution in [-0.4, -0.2) is 4.98 Å². The molecule has 1 nitrogen and oxygen atoms in total. The molecular weight excluding hydrogens is 608 g/mol. The SMILES string of the molecule is Clc1ccc(-c2c(Cl)c(Cl)c(Cl)c(Cl)c2Cl)c(-c2c(Cl)c(Cl)c(Cl)c(Cl)c2Cl)n1. The largest absolute Gasteiger partial charge is 0.235 e. The Morgan fingerprint density at radius 1 is 0.414 bits per heavy atom. The van der Waals surface area contributed by atoms with Gasteiger partial charge in [0.15, 0.2) is 0 Å². The van der Waals surface area contributed by atoms with Crippen LogP contribution >= 0.6 is 128 Å². The first-order valence-electron chi connectivity index (χ1n) is 7.19. The van der Waals surface area contributed by atoms with Crippen LogP contribution in [0.5, 0.6) is 0 Å². The van der Waals surface area contributed by atoms with Gasteiger partial charge in [-0.2, -0.15) is 0 Å². The zero-order chi connectivity index (χ0) is 21.8. The molecule has 0 fully saturated rings. The van der Waals surface area contributed by atoms with Crippen molar-refractivity contribution in [2.75, 3.05) is 0 Å². The number of benzene rings is 2. The van der Waals surface area contributed by atoms with E-state index in [-0.39, 0.29) is 72.2 Å². The van der Waals surface area contributed by atoms with Gasteiger partial charge in [-0.1, -0.05) is 128 Å². The minimum Gasteiger partial charge on any atom is -0.235 e. The maximum Gasteiger partial charge on any atom is 0.129 e. The van der Waals surface area contributed by atoms with Gasteiger partial charge in [-0.3, -0.25) is 0 Å². The van der Waals surface area contributed by atoms with Crippen molar-refractivity contribution in [2.45, 2.75) is 0 Å². The molecule has 1 aromatic heterocycles. The summed E-state index contributed by atoms with van der Waals surface area (Å²) in [5.74, 6) is 0. The molecule has 0 aliphatic heterocycles. The van der Waals surface area contributed by atoms with Crippen molar-refractivity contribution in [3.63, 3.8) is 0 Å². The van der Waals surface area contributed by atoms with E-state index in [1.165, 1.54) is 6.07 Å². The number of hydrogen-bond acceptors (Lipinski definition) is 1. The normalized spacial score (nSPS) is 11.3. The quantitative estimate of drug-likeness (QED) is 0.160. The zero-order valence-electron chi connectivity index (χ0n) is 13.3. The molecule has 3 aromatic rings. The fraction of sp³-hybridized carbons (Fsp3) is 0. The molecule has 152 valence electrons. The van der Waals surface area contributed by atoms with Crippen molar-refractivity contribution in [1.29, 1.82) is 0 Å². The van der Waals surface area contributed by atoms with Gasteiger partial charge in [0.25, 0.3) is 0 Å². The maximum absolute atomic E-state index is 6.42. The Morgan fingerprint density at radius 3 is 1.17 bits per heavy atom. The van der Waals surface area contributed by atoms with Gasteiger partial charge in [0.05, 0.1) is 55.9 Å². The Bertz CT molecular complexity index is 1120. The van der Waals surface area contributed by atoms with Crippen LogP contribution in [0.25, 0.3) is 22.4 Å². The molecule has 0 N–H and O–H groups in total. The summed E-state index contributed by atoms with van der Waals surface area (Å²) in [7, 11) is 0. The Balaban J connectivity index is 2.50. The smallest absolute Gasteiger partial charge is 0.129 e. The van der Waals surface area contributed by atoms with Crippen LogP contribution in [-0.2, 0) is 0 Å². The number of nitrogens with zero attached hydrogens (tertiary/aromatic N) is 1. The summed E-state index contributed by atoms with van der Waals surface area (Å²) in [5.41, 5.74) is 0.926. The minimum atomic E-state index is -0.0187. The van der Waals surface area contributed by atoms with E-state index < -0.39 is 0 Å². The van der Waals surface area contributed by atoms with E-state index in [0.717, 1.165) is 0 Å². The lowest BCUT2D eigenvalue weighted by molar-refractivity contribution is 1.32. The zero-order valence-corrected chi connectivity index (χ0v) is 21.6. The molecule has 0 aliphatic carbocycles. The molecule has 0 atom stereocenters. The van der Waals surface area contributed by atoms with Crippen LogP contribution in [0.2, 0.25) is 55.4 Å². The van der Waals surface area contributed by atoms with Crippen LogP contribution in [0.15, 0.2) is 12.1 Å². The topological polar surface area (TPSA) is 12.9 Å². The Morgan fingerprint density at radius 2 is 0.759 bits per heavy atom. The molecule has 1 heterocycles. The van der Waals surface area contributed by atoms with E-state index in [1.807, 2.05) is 0 Å². The average Bonchev–Trinajstić information content (AvgIpc) is 2.69. The lowest BCUT2D eigenvalue weighted by Crippen LogP contribution is -1.96. The monoisotopic (exact) mass is 605 g/mol. The highest BCUT2D eigenvalue weighted by Gasteiger charge is 2.27. The molecule has 0 unspecified atom stereocenters. The minimum absolute atomic E-state index is 0.000450. The molecule has 0 saturated heterocycles. The Labute approximate surface area is 220 Å². The van der Waals surface area contributed by atoms with Gasteiger partial charge in [-0.05, 0) is 12.1 Å². The van der Waals surface area contributed by atoms with E-state index in [9.17, 15) is 0 Å². The molecule has 0 saturated carbocycles. The van der Waals surface area contributed by atoms with Crippen LogP contribution in [0.1, 0.15) is 0 Å². The molecule has 0 aliphatic rings. The number of aromatic nitrogens is 1. The third-order valence-corrected chi connectivity index (χ3v) is 8.55. The molecule has 12 heteroatoms. The first-order chi connectivity index (χ1) is 13.5. The molecule has 2 aromatic carbocycles. The molecule has 0 radical (unpaired) electrons. The first kappa shape index (κ1) is 24.4. The second-order valence-electron chi connectivity index (χ2n) is 5.42. The predicted molar refractivity (Wildman–Crippen MR) is 130 cm³/mol. The van der Waals surface area contributed by atoms with E-state index in [4.69, 9.17) is 128 Å². The third kappa shape index (κ3) is 4.24. The molecule has 29 heavy (non-hydrogen) atoms.